The molecule has 11 N–H and O–H groups in total. The van der Waals surface area contributed by atoms with Crippen molar-refractivity contribution in [3.8, 4) is 0 Å². The lowest BCUT2D eigenvalue weighted by Gasteiger charge is -2.47. The minimum atomic E-state index is -1.90. The SMILES string of the molecule is OC[C@H]1O[C@@H](O[C@@H]2[C@@H](O)[C@H](O[C@H]3[C@H](O)[C@@H](O)[C@@H](O)O[C@@H]3CO)O[C@H](CO)[C@H]2O)[C@H](O)[C@@H](O)[C@@H]1O. The largest absolute Gasteiger partial charge is 0.394 e. The molecule has 0 saturated carbocycles. The molecule has 0 aliphatic carbocycles. The van der Waals surface area contributed by atoms with Gasteiger partial charge < -0.3 is 79.9 Å². The van der Waals surface area contributed by atoms with Crippen molar-refractivity contribution in [1.82, 2.24) is 0 Å². The summed E-state index contributed by atoms with van der Waals surface area (Å²) < 4.78 is 26.4. The Balaban J connectivity index is 1.78. The molecular formula is C18H32O16. The molecule has 16 nitrogen and oxygen atoms in total. The molecule has 3 fully saturated rings. The quantitative estimate of drug-likeness (QED) is 0.154. The third-order valence-corrected chi connectivity index (χ3v) is 6.09. The van der Waals surface area contributed by atoms with E-state index >= 15 is 0 Å². The van der Waals surface area contributed by atoms with Crippen LogP contribution in [0.1, 0.15) is 0 Å². The monoisotopic (exact) mass is 504 g/mol. The number of hydrogen-bond acceptors (Lipinski definition) is 16. The summed E-state index contributed by atoms with van der Waals surface area (Å²) in [6, 6.07) is 0. The van der Waals surface area contributed by atoms with Gasteiger partial charge in [-0.25, -0.2) is 0 Å². The van der Waals surface area contributed by atoms with Crippen LogP contribution in [0.15, 0.2) is 0 Å². The molecule has 0 bridgehead atoms. The highest BCUT2D eigenvalue weighted by Gasteiger charge is 2.53. The Hall–Kier alpha value is -0.640. The van der Waals surface area contributed by atoms with E-state index in [1.165, 1.54) is 0 Å². The molecule has 3 rings (SSSR count). The second kappa shape index (κ2) is 11.6. The molecule has 0 spiro atoms. The molecule has 3 saturated heterocycles. The van der Waals surface area contributed by atoms with Crippen LogP contribution in [-0.4, -0.2) is 168 Å². The first-order chi connectivity index (χ1) is 16.0. The average Bonchev–Trinajstić information content (AvgIpc) is 2.83. The van der Waals surface area contributed by atoms with E-state index in [4.69, 9.17) is 23.7 Å². The Morgan fingerprint density at radius 2 is 0.941 bits per heavy atom. The predicted molar refractivity (Wildman–Crippen MR) is 101 cm³/mol. The Bertz CT molecular complexity index is 637. The molecule has 0 aromatic heterocycles. The van der Waals surface area contributed by atoms with Crippen LogP contribution in [0, 0.1) is 0 Å². The van der Waals surface area contributed by atoms with E-state index in [0.717, 1.165) is 0 Å². The van der Waals surface area contributed by atoms with Gasteiger partial charge in [-0.15, -0.1) is 0 Å². The summed E-state index contributed by atoms with van der Waals surface area (Å²) in [6.07, 6.45) is -25.4. The molecule has 3 heterocycles. The van der Waals surface area contributed by atoms with Gasteiger partial charge in [-0.05, 0) is 0 Å². The van der Waals surface area contributed by atoms with Gasteiger partial charge in [-0.2, -0.15) is 0 Å². The van der Waals surface area contributed by atoms with Crippen LogP contribution in [-0.2, 0) is 23.7 Å². The zero-order chi connectivity index (χ0) is 25.3. The van der Waals surface area contributed by atoms with Crippen LogP contribution in [0.3, 0.4) is 0 Å². The molecule has 34 heavy (non-hydrogen) atoms. The van der Waals surface area contributed by atoms with Gasteiger partial charge in [0.15, 0.2) is 18.9 Å². The molecule has 0 unspecified atom stereocenters. The lowest BCUT2D eigenvalue weighted by Crippen LogP contribution is -2.66. The maximum Gasteiger partial charge on any atom is 0.187 e. The first-order valence-electron chi connectivity index (χ1n) is 10.6. The van der Waals surface area contributed by atoms with E-state index in [9.17, 15) is 56.2 Å². The third-order valence-electron chi connectivity index (χ3n) is 6.09. The maximum atomic E-state index is 10.8. The predicted octanol–water partition coefficient (Wildman–Crippen LogP) is -7.57. The van der Waals surface area contributed by atoms with E-state index in [1.807, 2.05) is 0 Å². The molecule has 200 valence electrons. The highest BCUT2D eigenvalue weighted by atomic mass is 16.7. The van der Waals surface area contributed by atoms with E-state index in [1.54, 1.807) is 0 Å². The Kier molecular flexibility index (Phi) is 9.54. The van der Waals surface area contributed by atoms with Crippen molar-refractivity contribution in [2.75, 3.05) is 19.8 Å². The van der Waals surface area contributed by atoms with Crippen molar-refractivity contribution in [3.05, 3.63) is 0 Å². The van der Waals surface area contributed by atoms with Gasteiger partial charge in [0, 0.05) is 0 Å². The normalized spacial score (nSPS) is 52.5. The molecule has 3 aliphatic heterocycles. The minimum absolute atomic E-state index is 0.759. The summed E-state index contributed by atoms with van der Waals surface area (Å²) in [5, 5.41) is 109. The summed E-state index contributed by atoms with van der Waals surface area (Å²) >= 11 is 0. The molecule has 0 radical (unpaired) electrons. The van der Waals surface area contributed by atoms with Crippen molar-refractivity contribution in [2.45, 2.75) is 92.1 Å². The summed E-state index contributed by atoms with van der Waals surface area (Å²) in [6.45, 7) is -2.34. The topological polar surface area (TPSA) is 269 Å². The zero-order valence-corrected chi connectivity index (χ0v) is 17.7. The smallest absolute Gasteiger partial charge is 0.187 e. The van der Waals surface area contributed by atoms with Gasteiger partial charge in [0.1, 0.15) is 73.2 Å². The van der Waals surface area contributed by atoms with Crippen molar-refractivity contribution >= 4 is 0 Å². The molecule has 0 amide bonds. The number of rotatable bonds is 7. The van der Waals surface area contributed by atoms with Gasteiger partial charge in [0.05, 0.1) is 19.8 Å². The average molecular weight is 504 g/mol. The molecule has 0 aromatic rings. The third kappa shape index (κ3) is 5.37. The summed E-state index contributed by atoms with van der Waals surface area (Å²) in [4.78, 5) is 0. The minimum Gasteiger partial charge on any atom is -0.394 e. The van der Waals surface area contributed by atoms with Gasteiger partial charge in [-0.1, -0.05) is 0 Å². The molecule has 15 atom stereocenters. The number of hydrogen-bond donors (Lipinski definition) is 11. The van der Waals surface area contributed by atoms with Crippen LogP contribution in [0.5, 0.6) is 0 Å². The van der Waals surface area contributed by atoms with E-state index in [2.05, 4.69) is 0 Å². The number of aliphatic hydroxyl groups excluding tert-OH is 11. The van der Waals surface area contributed by atoms with E-state index in [-0.39, 0.29) is 0 Å². The fourth-order valence-corrected chi connectivity index (χ4v) is 4.05. The first-order valence-corrected chi connectivity index (χ1v) is 10.6. The second-order valence-electron chi connectivity index (χ2n) is 8.33. The van der Waals surface area contributed by atoms with Crippen LogP contribution in [0.4, 0.5) is 0 Å². The zero-order valence-electron chi connectivity index (χ0n) is 17.7. The molecule has 0 aromatic carbocycles. The molecule has 3 aliphatic rings. The van der Waals surface area contributed by atoms with E-state index < -0.39 is 112 Å². The van der Waals surface area contributed by atoms with Gasteiger partial charge in [-0.3, -0.25) is 0 Å². The summed E-state index contributed by atoms with van der Waals surface area (Å²) in [5.41, 5.74) is 0. The van der Waals surface area contributed by atoms with E-state index in [0.29, 0.717) is 0 Å². The van der Waals surface area contributed by atoms with Crippen LogP contribution < -0.4 is 0 Å². The lowest BCUT2D eigenvalue weighted by molar-refractivity contribution is -0.378. The van der Waals surface area contributed by atoms with Crippen LogP contribution in [0.2, 0.25) is 0 Å². The number of ether oxygens (including phenoxy) is 5. The van der Waals surface area contributed by atoms with Crippen molar-refractivity contribution in [3.63, 3.8) is 0 Å². The Morgan fingerprint density at radius 1 is 0.441 bits per heavy atom. The number of aliphatic hydroxyl groups is 11. The summed E-state index contributed by atoms with van der Waals surface area (Å²) in [5.74, 6) is 0. The lowest BCUT2D eigenvalue weighted by atomic mass is 9.96. The molecular weight excluding hydrogens is 472 g/mol. The summed E-state index contributed by atoms with van der Waals surface area (Å²) in [7, 11) is 0. The fourth-order valence-electron chi connectivity index (χ4n) is 4.05. The fraction of sp³-hybridized carbons (Fsp3) is 1.00. The van der Waals surface area contributed by atoms with Gasteiger partial charge in [0.25, 0.3) is 0 Å². The van der Waals surface area contributed by atoms with Gasteiger partial charge in [0.2, 0.25) is 0 Å². The van der Waals surface area contributed by atoms with Crippen LogP contribution >= 0.6 is 0 Å². The highest BCUT2D eigenvalue weighted by molar-refractivity contribution is 4.96. The van der Waals surface area contributed by atoms with Gasteiger partial charge >= 0.3 is 0 Å². The standard InChI is InChI=1S/C18H32O16/c19-1-4-7(22)9(24)12(27)17(31-4)34-15-8(23)5(2-20)32-18(13(15)28)33-14-6(3-21)30-16(29)11(26)10(14)25/h4-29H,1-3H2/t4-,5-,6-,7-,8-,9+,10-,11-,12-,13-,14-,15+,16+,17+,18+/m1/s1. The molecule has 16 heteroatoms. The Morgan fingerprint density at radius 3 is 1.50 bits per heavy atom. The Labute approximate surface area is 192 Å². The first kappa shape index (κ1) is 27.9. The van der Waals surface area contributed by atoms with Crippen molar-refractivity contribution in [1.29, 1.82) is 0 Å². The van der Waals surface area contributed by atoms with Crippen LogP contribution in [0.25, 0.3) is 0 Å². The second-order valence-corrected chi connectivity index (χ2v) is 8.33. The van der Waals surface area contributed by atoms with Crippen molar-refractivity contribution in [2.24, 2.45) is 0 Å². The van der Waals surface area contributed by atoms with Crippen molar-refractivity contribution < 1.29 is 79.9 Å². The maximum absolute atomic E-state index is 10.8. The highest BCUT2D eigenvalue weighted by Crippen LogP contribution is 2.32.